The Morgan fingerprint density at radius 1 is 0.588 bits per heavy atom. The maximum Gasteiger partial charge on any atom is -0.112 e. The van der Waals surface area contributed by atoms with Gasteiger partial charge in [-0.3, -0.25) is 0 Å². The molecule has 0 atom stereocenters. The van der Waals surface area contributed by atoms with Gasteiger partial charge in [0.1, 0.15) is 0 Å². The number of hydrogen-bond acceptors (Lipinski definition) is 6. The Labute approximate surface area is 201 Å². The van der Waals surface area contributed by atoms with E-state index in [0.717, 1.165) is 5.56 Å². The number of benzene rings is 4. The molecule has 9 heteroatoms. The molecule has 0 aliphatic carbocycles. The molecule has 0 amide bonds. The Balaban J connectivity index is 0.000000588. The molecular weight excluding hydrogens is 521 g/mol. The Morgan fingerprint density at radius 2 is 0.912 bits per heavy atom. The van der Waals surface area contributed by atoms with Crippen LogP contribution in [0.5, 0.6) is 0 Å². The molecule has 0 unspecified atom stereocenters. The van der Waals surface area contributed by atoms with Gasteiger partial charge in [0.2, 0.25) is 0 Å². The fourth-order valence-corrected chi connectivity index (χ4v) is 12.8. The van der Waals surface area contributed by atoms with Crippen LogP contribution in [-0.2, 0) is 5.21 Å². The molecule has 4 rings (SSSR count). The Morgan fingerprint density at radius 3 is 1.26 bits per heavy atom. The number of hydrogen-bond donors (Lipinski definition) is 0. The van der Waals surface area contributed by atoms with Crippen molar-refractivity contribution in [1.82, 2.24) is 0 Å². The summed E-state index contributed by atoms with van der Waals surface area (Å²) in [5.41, 5.74) is 0.989. The Kier molecular flexibility index (Phi) is 8.58. The number of nitro groups is 1. The van der Waals surface area contributed by atoms with Crippen molar-refractivity contribution >= 4 is 32.3 Å². The van der Waals surface area contributed by atoms with Crippen LogP contribution in [0.25, 0.3) is 0 Å². The minimum Gasteiger partial charge on any atom is -0.222 e. The first-order valence-corrected chi connectivity index (χ1v) is 15.5. The number of halogens is 1. The van der Waals surface area contributed by atoms with Crippen molar-refractivity contribution in [1.29, 1.82) is 0 Å². The molecule has 7 nitrogen and oxygen atoms in total. The quantitative estimate of drug-likeness (QED) is 0.176. The van der Waals surface area contributed by atoms with Crippen LogP contribution < -0.4 is 31.7 Å². The smallest absolute Gasteiger partial charge is 0.112 e. The zero-order valence-corrected chi connectivity index (χ0v) is 20.5. The average molecular weight is 542 g/mol. The van der Waals surface area contributed by atoms with Gasteiger partial charge in [-0.05, 0) is 0 Å². The third kappa shape index (κ3) is 6.52. The zero-order valence-electron chi connectivity index (χ0n) is 17.9. The average Bonchev–Trinajstić information content (AvgIpc) is 2.83. The van der Waals surface area contributed by atoms with Crippen LogP contribution in [-0.4, -0.2) is 18.5 Å². The molecule has 4 aromatic rings. The van der Waals surface area contributed by atoms with Crippen LogP contribution in [0.1, 0.15) is 5.56 Å². The number of nitrogens with zero attached hydrogens (tertiary/aromatic N) is 1. The molecule has 4 aromatic carbocycles. The summed E-state index contributed by atoms with van der Waals surface area (Å²) in [6.07, 6.45) is 0. The minimum absolute atomic E-state index is 0.195. The molecule has 0 fully saturated rings. The van der Waals surface area contributed by atoms with Crippen molar-refractivity contribution in [2.45, 2.75) is 5.21 Å². The summed E-state index contributed by atoms with van der Waals surface area (Å²) in [7, 11) is -4.94. The van der Waals surface area contributed by atoms with Gasteiger partial charge < -0.3 is 0 Å². The van der Waals surface area contributed by atoms with Gasteiger partial charge in [0.05, 0.1) is 0 Å². The second-order valence-corrected chi connectivity index (χ2v) is 15.3. The van der Waals surface area contributed by atoms with Crippen molar-refractivity contribution in [2.24, 2.45) is 0 Å². The van der Waals surface area contributed by atoms with Crippen molar-refractivity contribution < 1.29 is 33.8 Å². The second kappa shape index (κ2) is 11.4. The SMILES string of the molecule is O=[N+]([O-])c1ccccc1C[As+](c1ccccc1)(c1ccccc1)c1ccccc1.[O-][Cl+3]([O-])([O-])[O-]. The van der Waals surface area contributed by atoms with Crippen LogP contribution >= 0.6 is 0 Å². The molecule has 0 heterocycles. The third-order valence-electron chi connectivity index (χ3n) is 5.19. The number of nitro benzene ring substituents is 1. The first kappa shape index (κ1) is 25.6. The van der Waals surface area contributed by atoms with E-state index in [2.05, 4.69) is 72.8 Å². The molecular formula is C25H21AsClNO6. The van der Waals surface area contributed by atoms with Crippen LogP contribution in [0.15, 0.2) is 115 Å². The van der Waals surface area contributed by atoms with Crippen molar-refractivity contribution in [3.8, 4) is 0 Å². The number of rotatable bonds is 6. The second-order valence-electron chi connectivity index (χ2n) is 7.24. The molecule has 0 saturated carbocycles. The molecule has 0 aliphatic heterocycles. The summed E-state index contributed by atoms with van der Waals surface area (Å²) < 4.78 is 37.8. The topological polar surface area (TPSA) is 135 Å². The summed E-state index contributed by atoms with van der Waals surface area (Å²) >= 11 is -3.02. The van der Waals surface area contributed by atoms with Crippen molar-refractivity contribution in [3.05, 3.63) is 131 Å². The van der Waals surface area contributed by atoms with E-state index in [9.17, 15) is 10.1 Å². The van der Waals surface area contributed by atoms with Crippen LogP contribution in [0, 0.1) is 20.4 Å². The summed E-state index contributed by atoms with van der Waals surface area (Å²) in [5.74, 6) is 0. The maximum absolute atomic E-state index is 11.7. The molecule has 0 spiro atoms. The molecule has 0 bridgehead atoms. The van der Waals surface area contributed by atoms with Crippen LogP contribution in [0.3, 0.4) is 0 Å². The minimum atomic E-state index is -4.94. The van der Waals surface area contributed by atoms with Gasteiger partial charge in [0.15, 0.2) is 0 Å². The standard InChI is InChI=1S/C25H21AsNO2.ClHO4/c28-27(29)25-19-11-10-12-21(25)20-26(22-13-4-1-5-14-22,23-15-6-2-7-16-23)24-17-8-3-9-18-24;2-1(3,4)5/h1-19H,20H2;(H,2,3,4,5)/q+1;/p-1. The molecule has 0 N–H and O–H groups in total. The summed E-state index contributed by atoms with van der Waals surface area (Å²) in [4.78, 5) is 11.5. The van der Waals surface area contributed by atoms with Gasteiger partial charge in [0.25, 0.3) is 0 Å². The largest absolute Gasteiger partial charge is 0.222 e. The van der Waals surface area contributed by atoms with Gasteiger partial charge in [-0.1, -0.05) is 0 Å². The van der Waals surface area contributed by atoms with Gasteiger partial charge in [-0.25, -0.2) is 18.6 Å². The molecule has 0 radical (unpaired) electrons. The molecule has 0 saturated heterocycles. The monoisotopic (exact) mass is 541 g/mol. The molecule has 0 aliphatic rings. The number of para-hydroxylation sites is 1. The van der Waals surface area contributed by atoms with Gasteiger partial charge in [-0.15, -0.1) is 10.2 Å². The normalized spacial score (nSPS) is 11.3. The fraction of sp³-hybridized carbons (Fsp3) is 0.0400. The van der Waals surface area contributed by atoms with E-state index in [0.29, 0.717) is 5.21 Å². The van der Waals surface area contributed by atoms with E-state index < -0.39 is 23.8 Å². The van der Waals surface area contributed by atoms with E-state index in [1.807, 2.05) is 30.3 Å². The van der Waals surface area contributed by atoms with E-state index >= 15 is 0 Å². The zero-order chi connectivity index (χ0) is 24.6. The first-order chi connectivity index (χ1) is 16.2. The Hall–Kier alpha value is -3.03. The van der Waals surface area contributed by atoms with E-state index in [1.165, 1.54) is 13.1 Å². The first-order valence-electron chi connectivity index (χ1n) is 10.1. The van der Waals surface area contributed by atoms with Crippen molar-refractivity contribution in [2.75, 3.05) is 0 Å². The van der Waals surface area contributed by atoms with E-state index in [-0.39, 0.29) is 10.6 Å². The predicted molar refractivity (Wildman–Crippen MR) is 121 cm³/mol. The van der Waals surface area contributed by atoms with Crippen molar-refractivity contribution in [3.63, 3.8) is 0 Å². The molecule has 0 aromatic heterocycles. The summed E-state index contributed by atoms with van der Waals surface area (Å²) in [5, 5.41) is 12.4. The Bertz CT molecular complexity index is 1100. The molecule has 174 valence electrons. The fourth-order valence-electron chi connectivity index (χ4n) is 3.85. The maximum atomic E-state index is 11.7. The van der Waals surface area contributed by atoms with Crippen LogP contribution in [0.2, 0.25) is 0 Å². The van der Waals surface area contributed by atoms with E-state index in [4.69, 9.17) is 18.6 Å². The van der Waals surface area contributed by atoms with Gasteiger partial charge in [0, 0.05) is 0 Å². The molecule has 34 heavy (non-hydrogen) atoms. The third-order valence-corrected chi connectivity index (χ3v) is 14.3. The summed E-state index contributed by atoms with van der Waals surface area (Å²) in [6, 6.07) is 38.7. The van der Waals surface area contributed by atoms with E-state index in [1.54, 1.807) is 12.1 Å². The van der Waals surface area contributed by atoms with Gasteiger partial charge in [-0.2, -0.15) is 0 Å². The predicted octanol–water partition coefficient (Wildman–Crippen LogP) is -0.909. The van der Waals surface area contributed by atoms with Gasteiger partial charge >= 0.3 is 173 Å². The van der Waals surface area contributed by atoms with Crippen LogP contribution in [0.4, 0.5) is 5.69 Å². The summed E-state index contributed by atoms with van der Waals surface area (Å²) in [6.45, 7) is 0.